The smallest absolute Gasteiger partial charge is 0.0459 e. The molecule has 0 heterocycles. The van der Waals surface area contributed by atoms with Gasteiger partial charge >= 0.3 is 0 Å². The van der Waals surface area contributed by atoms with Crippen LogP contribution in [0, 0.1) is 12.8 Å². The fourth-order valence-corrected chi connectivity index (χ4v) is 4.22. The van der Waals surface area contributed by atoms with Crippen molar-refractivity contribution in [3.63, 3.8) is 0 Å². The zero-order chi connectivity index (χ0) is 12.2. The molecule has 0 saturated heterocycles. The Morgan fingerprint density at radius 2 is 1.81 bits per heavy atom. The number of aryl methyl sites for hydroxylation is 1. The summed E-state index contributed by atoms with van der Waals surface area (Å²) in [5.41, 5.74) is 2.73. The van der Waals surface area contributed by atoms with E-state index in [1.54, 1.807) is 0 Å². The molecule has 1 aromatic rings. The molecule has 0 amide bonds. The molecule has 0 aliphatic carbocycles. The molecule has 0 saturated carbocycles. The number of rotatable bonds is 5. The number of aliphatic hydroxyl groups excluding tert-OH is 1. The van der Waals surface area contributed by atoms with Crippen molar-refractivity contribution in [3.8, 4) is 0 Å². The van der Waals surface area contributed by atoms with Crippen LogP contribution < -0.4 is 0 Å². The first-order valence-electron chi connectivity index (χ1n) is 6.08. The van der Waals surface area contributed by atoms with E-state index in [9.17, 15) is 5.11 Å². The maximum absolute atomic E-state index is 9.46. The standard InChI is InChI=1S/C14H24OSi/c1-12-7-5-6-8-14(12)9-13(10-15)11-16(2,3)4/h5-8,13,15H,9-11H2,1-4H3. The third-order valence-corrected chi connectivity index (χ3v) is 4.73. The van der Waals surface area contributed by atoms with Crippen molar-refractivity contribution in [2.75, 3.05) is 6.61 Å². The van der Waals surface area contributed by atoms with Crippen LogP contribution in [0.1, 0.15) is 11.1 Å². The lowest BCUT2D eigenvalue weighted by atomic mass is 9.98. The van der Waals surface area contributed by atoms with Crippen LogP contribution in [0.3, 0.4) is 0 Å². The van der Waals surface area contributed by atoms with Crippen LogP contribution in [-0.4, -0.2) is 19.8 Å². The largest absolute Gasteiger partial charge is 0.396 e. The van der Waals surface area contributed by atoms with E-state index in [0.29, 0.717) is 12.5 Å². The predicted molar refractivity (Wildman–Crippen MR) is 73.6 cm³/mol. The Kier molecular flexibility index (Phi) is 4.75. The van der Waals surface area contributed by atoms with Gasteiger partial charge in [0.15, 0.2) is 0 Å². The quantitative estimate of drug-likeness (QED) is 0.776. The van der Waals surface area contributed by atoms with Crippen molar-refractivity contribution in [2.45, 2.75) is 39.0 Å². The van der Waals surface area contributed by atoms with Crippen molar-refractivity contribution in [1.29, 1.82) is 0 Å². The lowest BCUT2D eigenvalue weighted by Gasteiger charge is -2.23. The van der Waals surface area contributed by atoms with Crippen molar-refractivity contribution < 1.29 is 5.11 Å². The van der Waals surface area contributed by atoms with E-state index < -0.39 is 8.07 Å². The topological polar surface area (TPSA) is 20.2 Å². The van der Waals surface area contributed by atoms with Crippen LogP contribution in [0.2, 0.25) is 25.7 Å². The van der Waals surface area contributed by atoms with Crippen molar-refractivity contribution in [2.24, 2.45) is 5.92 Å². The second-order valence-electron chi connectivity index (χ2n) is 5.94. The Balaban J connectivity index is 2.67. The summed E-state index contributed by atoms with van der Waals surface area (Å²) in [5, 5.41) is 9.46. The molecule has 90 valence electrons. The number of hydrogen-bond acceptors (Lipinski definition) is 1. The average molecular weight is 236 g/mol. The Hall–Kier alpha value is -0.603. The summed E-state index contributed by atoms with van der Waals surface area (Å²) in [5.74, 6) is 0.438. The monoisotopic (exact) mass is 236 g/mol. The van der Waals surface area contributed by atoms with Crippen molar-refractivity contribution >= 4 is 8.07 Å². The van der Waals surface area contributed by atoms with E-state index in [1.165, 1.54) is 17.2 Å². The summed E-state index contributed by atoms with van der Waals surface area (Å²) in [4.78, 5) is 0. The van der Waals surface area contributed by atoms with E-state index in [2.05, 4.69) is 50.8 Å². The Morgan fingerprint density at radius 3 is 2.31 bits per heavy atom. The molecule has 0 aliphatic rings. The van der Waals surface area contributed by atoms with Gasteiger partial charge in [-0.3, -0.25) is 0 Å². The van der Waals surface area contributed by atoms with E-state index in [1.807, 2.05) is 0 Å². The third-order valence-electron chi connectivity index (χ3n) is 2.93. The highest BCUT2D eigenvalue weighted by Gasteiger charge is 2.20. The molecule has 1 N–H and O–H groups in total. The van der Waals surface area contributed by atoms with E-state index in [-0.39, 0.29) is 0 Å². The van der Waals surface area contributed by atoms with Crippen LogP contribution >= 0.6 is 0 Å². The maximum Gasteiger partial charge on any atom is 0.0459 e. The molecule has 0 spiro atoms. The zero-order valence-electron chi connectivity index (χ0n) is 11.0. The second kappa shape index (κ2) is 5.64. The van der Waals surface area contributed by atoms with E-state index in [0.717, 1.165) is 6.42 Å². The van der Waals surface area contributed by atoms with Gasteiger partial charge in [0.25, 0.3) is 0 Å². The maximum atomic E-state index is 9.46. The summed E-state index contributed by atoms with van der Waals surface area (Å²) in [6, 6.07) is 9.70. The van der Waals surface area contributed by atoms with Gasteiger partial charge in [-0.2, -0.15) is 0 Å². The van der Waals surface area contributed by atoms with Gasteiger partial charge in [-0.15, -0.1) is 0 Å². The minimum atomic E-state index is -1.07. The fraction of sp³-hybridized carbons (Fsp3) is 0.571. The van der Waals surface area contributed by atoms with E-state index >= 15 is 0 Å². The molecule has 0 bridgehead atoms. The Labute approximate surface area is 101 Å². The minimum absolute atomic E-state index is 0.318. The molecule has 0 aliphatic heterocycles. The molecular weight excluding hydrogens is 212 g/mol. The second-order valence-corrected chi connectivity index (χ2v) is 11.5. The highest BCUT2D eigenvalue weighted by molar-refractivity contribution is 6.76. The molecule has 1 rings (SSSR count). The molecule has 1 unspecified atom stereocenters. The van der Waals surface area contributed by atoms with Gasteiger partial charge < -0.3 is 5.11 Å². The molecule has 1 nitrogen and oxygen atoms in total. The molecule has 0 radical (unpaired) electrons. The highest BCUT2D eigenvalue weighted by atomic mass is 28.3. The highest BCUT2D eigenvalue weighted by Crippen LogP contribution is 2.21. The van der Waals surface area contributed by atoms with Gasteiger partial charge in [0.05, 0.1) is 0 Å². The summed E-state index contributed by atoms with van der Waals surface area (Å²) >= 11 is 0. The molecule has 0 fully saturated rings. The lowest BCUT2D eigenvalue weighted by molar-refractivity contribution is 0.236. The zero-order valence-corrected chi connectivity index (χ0v) is 12.0. The third kappa shape index (κ3) is 4.50. The molecule has 1 atom stereocenters. The van der Waals surface area contributed by atoms with Gasteiger partial charge in [0.2, 0.25) is 0 Å². The van der Waals surface area contributed by atoms with Gasteiger partial charge in [-0.1, -0.05) is 50.0 Å². The summed E-state index contributed by atoms with van der Waals surface area (Å²) in [6.07, 6.45) is 1.02. The summed E-state index contributed by atoms with van der Waals surface area (Å²) in [6.45, 7) is 9.57. The van der Waals surface area contributed by atoms with Gasteiger partial charge in [-0.05, 0) is 30.4 Å². The molecule has 1 aromatic carbocycles. The van der Waals surface area contributed by atoms with E-state index in [4.69, 9.17) is 0 Å². The van der Waals surface area contributed by atoms with Crippen LogP contribution in [0.5, 0.6) is 0 Å². The molecular formula is C14H24OSi. The summed E-state index contributed by atoms with van der Waals surface area (Å²) < 4.78 is 0. The van der Waals surface area contributed by atoms with Crippen LogP contribution in [0.25, 0.3) is 0 Å². The SMILES string of the molecule is Cc1ccccc1CC(CO)C[Si](C)(C)C. The average Bonchev–Trinajstić information content (AvgIpc) is 2.18. The first kappa shape index (κ1) is 13.5. The van der Waals surface area contributed by atoms with Crippen LogP contribution in [-0.2, 0) is 6.42 Å². The van der Waals surface area contributed by atoms with Gasteiger partial charge in [-0.25, -0.2) is 0 Å². The molecule has 2 heteroatoms. The minimum Gasteiger partial charge on any atom is -0.396 e. The summed E-state index contributed by atoms with van der Waals surface area (Å²) in [7, 11) is -1.07. The first-order chi connectivity index (χ1) is 7.42. The predicted octanol–water partition coefficient (Wildman–Crippen LogP) is 3.48. The molecule has 16 heavy (non-hydrogen) atoms. The van der Waals surface area contributed by atoms with Crippen LogP contribution in [0.4, 0.5) is 0 Å². The van der Waals surface area contributed by atoms with Crippen LogP contribution in [0.15, 0.2) is 24.3 Å². The van der Waals surface area contributed by atoms with Gasteiger partial charge in [0.1, 0.15) is 0 Å². The van der Waals surface area contributed by atoms with Crippen molar-refractivity contribution in [1.82, 2.24) is 0 Å². The fourth-order valence-electron chi connectivity index (χ4n) is 2.22. The first-order valence-corrected chi connectivity index (χ1v) is 9.78. The Bertz CT molecular complexity index is 328. The van der Waals surface area contributed by atoms with Gasteiger partial charge in [0, 0.05) is 14.7 Å². The number of hydrogen-bond donors (Lipinski definition) is 1. The van der Waals surface area contributed by atoms with Crippen molar-refractivity contribution in [3.05, 3.63) is 35.4 Å². The lowest BCUT2D eigenvalue weighted by Crippen LogP contribution is -2.26. The molecule has 0 aromatic heterocycles. The number of aliphatic hydroxyl groups is 1. The number of benzene rings is 1. The normalized spacial score (nSPS) is 13.8. The Morgan fingerprint density at radius 1 is 1.19 bits per heavy atom.